The van der Waals surface area contributed by atoms with E-state index in [1.54, 1.807) is 13.8 Å². The Hall–Kier alpha value is -1.58. The molecule has 0 aliphatic heterocycles. The maximum absolute atomic E-state index is 14.6. The maximum atomic E-state index is 14.6. The Morgan fingerprint density at radius 3 is 2.15 bits per heavy atom. The molecule has 3 aromatic rings. The van der Waals surface area contributed by atoms with E-state index in [-0.39, 0.29) is 87.2 Å². The van der Waals surface area contributed by atoms with Gasteiger partial charge in [0.25, 0.3) is 0 Å². The molecule has 200 valence electrons. The SMILES string of the molecule is CC(C)c1nc(-c2cc(F)c(F)c(F)c2F)cc(-c2ccc(F)cc2)c1C#CP(=O)([O-])C[C@H](O)CC(=O)[O-].[Na+].[Na+]. The zero-order valence-corrected chi connectivity index (χ0v) is 26.8. The van der Waals surface area contributed by atoms with Gasteiger partial charge in [-0.3, -0.25) is 4.98 Å². The molecule has 14 heteroatoms. The van der Waals surface area contributed by atoms with Gasteiger partial charge < -0.3 is 24.5 Å². The third-order valence-electron chi connectivity index (χ3n) is 5.33. The standard InChI is InChI=1S/C26H21F5NO5P.2Na/c1-13(2)26-17(7-8-38(36,37)12-16(33)9-22(34)35)18(14-3-5-15(27)6-4-14)11-21(32-26)19-10-20(28)24(30)25(31)23(19)29;;/h3-6,10-11,13,16,33H,9,12H2,1-2H3,(H,34,35)(H,36,37);;/q;2*+1/p-2/t16-;;/m1../s1. The van der Waals surface area contributed by atoms with E-state index in [9.17, 15) is 46.4 Å². The van der Waals surface area contributed by atoms with Crippen LogP contribution < -0.4 is 69.1 Å². The van der Waals surface area contributed by atoms with Gasteiger partial charge in [-0.25, -0.2) is 22.0 Å². The Labute approximate surface area is 271 Å². The molecule has 1 heterocycles. The Morgan fingerprint density at radius 1 is 1.00 bits per heavy atom. The van der Waals surface area contributed by atoms with E-state index in [1.807, 2.05) is 5.66 Å². The van der Waals surface area contributed by atoms with Gasteiger partial charge in [0.05, 0.1) is 30.4 Å². The van der Waals surface area contributed by atoms with Crippen molar-refractivity contribution in [2.24, 2.45) is 0 Å². The van der Waals surface area contributed by atoms with Crippen LogP contribution in [0.2, 0.25) is 0 Å². The fraction of sp³-hybridized carbons (Fsp3) is 0.231. The first-order valence-electron chi connectivity index (χ1n) is 11.1. The van der Waals surface area contributed by atoms with Crippen LogP contribution in [-0.2, 0) is 9.36 Å². The second-order valence-electron chi connectivity index (χ2n) is 8.65. The zero-order chi connectivity index (χ0) is 28.4. The van der Waals surface area contributed by atoms with Gasteiger partial charge in [-0.15, -0.1) is 0 Å². The molecule has 0 bridgehead atoms. The van der Waals surface area contributed by atoms with Crippen LogP contribution in [0.15, 0.2) is 36.4 Å². The minimum absolute atomic E-state index is 0. The number of halogens is 5. The minimum Gasteiger partial charge on any atom is -0.790 e. The van der Waals surface area contributed by atoms with Crippen molar-refractivity contribution < 1.29 is 106 Å². The predicted octanol–water partition coefficient (Wildman–Crippen LogP) is -2.31. The van der Waals surface area contributed by atoms with E-state index in [1.165, 1.54) is 12.1 Å². The van der Waals surface area contributed by atoms with Gasteiger partial charge in [0.1, 0.15) is 5.82 Å². The molecule has 40 heavy (non-hydrogen) atoms. The van der Waals surface area contributed by atoms with Gasteiger partial charge in [-0.05, 0) is 41.4 Å². The summed E-state index contributed by atoms with van der Waals surface area (Å²) in [5, 5.41) is 20.3. The third-order valence-corrected chi connectivity index (χ3v) is 6.69. The average Bonchev–Trinajstić information content (AvgIpc) is 2.82. The van der Waals surface area contributed by atoms with Crippen molar-refractivity contribution in [1.82, 2.24) is 4.98 Å². The van der Waals surface area contributed by atoms with Crippen molar-refractivity contribution in [2.75, 3.05) is 6.16 Å². The smallest absolute Gasteiger partial charge is 0.790 e. The topological polar surface area (TPSA) is 113 Å². The fourth-order valence-electron chi connectivity index (χ4n) is 3.59. The molecule has 2 aromatic carbocycles. The molecule has 3 rings (SSSR count). The number of aliphatic hydroxyl groups excluding tert-OH is 1. The summed E-state index contributed by atoms with van der Waals surface area (Å²) in [4.78, 5) is 27.3. The van der Waals surface area contributed by atoms with Gasteiger partial charge in [-0.2, -0.15) is 0 Å². The molecule has 0 radical (unpaired) electrons. The molecule has 0 fully saturated rings. The molecular formula is C26H19F5NNa2O5P. The normalized spacial score (nSPS) is 12.8. The number of hydrogen-bond donors (Lipinski definition) is 1. The summed E-state index contributed by atoms with van der Waals surface area (Å²) < 4.78 is 82.1. The van der Waals surface area contributed by atoms with Gasteiger partial charge in [0, 0.05) is 29.7 Å². The molecule has 6 nitrogen and oxygen atoms in total. The fourth-order valence-corrected chi connectivity index (χ4v) is 4.65. The second-order valence-corrected chi connectivity index (χ2v) is 10.6. The number of aliphatic hydroxyl groups is 1. The Bertz CT molecular complexity index is 1510. The quantitative estimate of drug-likeness (QED) is 0.0819. The number of rotatable bonds is 7. The summed E-state index contributed by atoms with van der Waals surface area (Å²) in [5.74, 6) is -7.79. The molecule has 0 saturated heterocycles. The van der Waals surface area contributed by atoms with E-state index < -0.39 is 72.6 Å². The first-order valence-corrected chi connectivity index (χ1v) is 12.9. The van der Waals surface area contributed by atoms with Crippen molar-refractivity contribution in [3.63, 3.8) is 0 Å². The second kappa shape index (κ2) is 15.1. The molecule has 1 unspecified atom stereocenters. The molecule has 0 spiro atoms. The predicted molar refractivity (Wildman–Crippen MR) is 124 cm³/mol. The third kappa shape index (κ3) is 8.96. The van der Waals surface area contributed by atoms with Crippen molar-refractivity contribution in [2.45, 2.75) is 32.3 Å². The molecule has 0 amide bonds. The summed E-state index contributed by atoms with van der Waals surface area (Å²) in [6.45, 7) is 3.24. The molecule has 2 atom stereocenters. The number of carbonyl (C=O) groups excluding carboxylic acids is 1. The summed E-state index contributed by atoms with van der Waals surface area (Å²) in [6, 6.07) is 6.31. The number of nitrogens with zero attached hydrogens (tertiary/aromatic N) is 1. The van der Waals surface area contributed by atoms with Gasteiger partial charge >= 0.3 is 59.1 Å². The van der Waals surface area contributed by atoms with E-state index in [0.717, 1.165) is 18.2 Å². The number of carbonyl (C=O) groups is 1. The number of pyridine rings is 1. The number of carboxylic acid groups (broad SMARTS) is 1. The average molecular weight is 597 g/mol. The molecule has 0 aliphatic carbocycles. The number of benzene rings is 2. The minimum atomic E-state index is -4.68. The van der Waals surface area contributed by atoms with Crippen LogP contribution in [0, 0.1) is 40.7 Å². The van der Waals surface area contributed by atoms with Crippen LogP contribution in [0.3, 0.4) is 0 Å². The van der Waals surface area contributed by atoms with Gasteiger partial charge in [0.15, 0.2) is 23.3 Å². The van der Waals surface area contributed by atoms with Crippen LogP contribution in [-0.4, -0.2) is 28.3 Å². The van der Waals surface area contributed by atoms with Crippen molar-refractivity contribution in [1.29, 1.82) is 0 Å². The largest absolute Gasteiger partial charge is 1.00 e. The van der Waals surface area contributed by atoms with E-state index >= 15 is 0 Å². The van der Waals surface area contributed by atoms with Gasteiger partial charge in [0.2, 0.25) is 0 Å². The molecule has 0 saturated carbocycles. The van der Waals surface area contributed by atoms with Crippen LogP contribution in [0.4, 0.5) is 22.0 Å². The summed E-state index contributed by atoms with van der Waals surface area (Å²) in [5.41, 5.74) is 1.36. The van der Waals surface area contributed by atoms with E-state index in [2.05, 4.69) is 10.9 Å². The Balaban J connectivity index is 0.00000400. The Kier molecular flexibility index (Phi) is 13.7. The van der Waals surface area contributed by atoms with Crippen molar-refractivity contribution >= 4 is 13.3 Å². The van der Waals surface area contributed by atoms with Crippen LogP contribution >= 0.6 is 7.37 Å². The first kappa shape index (κ1) is 36.4. The first-order chi connectivity index (χ1) is 17.7. The number of hydrogen-bond acceptors (Lipinski definition) is 6. The van der Waals surface area contributed by atoms with Crippen LogP contribution in [0.25, 0.3) is 22.4 Å². The number of carboxylic acids is 1. The number of aromatic nitrogens is 1. The summed E-state index contributed by atoms with van der Waals surface area (Å²) in [6.07, 6.45) is -3.69. The van der Waals surface area contributed by atoms with E-state index in [4.69, 9.17) is 0 Å². The maximum Gasteiger partial charge on any atom is 1.00 e. The molecule has 1 N–H and O–H groups in total. The zero-order valence-electron chi connectivity index (χ0n) is 21.9. The number of aliphatic carboxylic acids is 1. The summed E-state index contributed by atoms with van der Waals surface area (Å²) in [7, 11) is -4.68. The van der Waals surface area contributed by atoms with Gasteiger partial charge in [-0.1, -0.05) is 31.9 Å². The summed E-state index contributed by atoms with van der Waals surface area (Å²) >= 11 is 0. The van der Waals surface area contributed by atoms with Crippen molar-refractivity contribution in [3.05, 3.63) is 76.7 Å². The molecular weight excluding hydrogens is 578 g/mol. The van der Waals surface area contributed by atoms with Crippen LogP contribution in [0.5, 0.6) is 0 Å². The van der Waals surface area contributed by atoms with E-state index in [0.29, 0.717) is 6.07 Å². The molecule has 0 aliphatic rings. The Morgan fingerprint density at radius 2 is 1.60 bits per heavy atom. The monoisotopic (exact) mass is 597 g/mol. The van der Waals surface area contributed by atoms with Crippen LogP contribution in [0.1, 0.15) is 37.4 Å². The van der Waals surface area contributed by atoms with Crippen molar-refractivity contribution in [3.8, 4) is 34.0 Å². The molecule has 1 aromatic heterocycles.